The predicted molar refractivity (Wildman–Crippen MR) is 70.4 cm³/mol. The van der Waals surface area contributed by atoms with Crippen LogP contribution in [0.3, 0.4) is 0 Å². The van der Waals surface area contributed by atoms with Crippen LogP contribution in [-0.2, 0) is 0 Å². The number of benzene rings is 1. The molecule has 3 N–H and O–H groups in total. The standard InChI is InChI=1S/C13H16N4O/c1-18-13-9-15-8-12(17-13)16-11(7-14)10-5-3-2-4-6-10/h2-6,8-9,11H,7,14H2,1H3,(H,16,17). The molecule has 0 radical (unpaired) electrons. The Morgan fingerprint density at radius 1 is 1.28 bits per heavy atom. The van der Waals surface area contributed by atoms with Gasteiger partial charge in [0.1, 0.15) is 5.82 Å². The Kier molecular flexibility index (Phi) is 4.09. The maximum Gasteiger partial charge on any atom is 0.233 e. The molecule has 0 spiro atoms. The van der Waals surface area contributed by atoms with Gasteiger partial charge < -0.3 is 15.8 Å². The zero-order chi connectivity index (χ0) is 12.8. The van der Waals surface area contributed by atoms with Crippen LogP contribution in [0.2, 0.25) is 0 Å². The smallest absolute Gasteiger partial charge is 0.233 e. The van der Waals surface area contributed by atoms with Gasteiger partial charge in [-0.3, -0.25) is 4.98 Å². The second kappa shape index (κ2) is 5.97. The van der Waals surface area contributed by atoms with Crippen molar-refractivity contribution in [2.45, 2.75) is 6.04 Å². The molecule has 0 saturated carbocycles. The normalized spacial score (nSPS) is 11.9. The van der Waals surface area contributed by atoms with E-state index in [1.54, 1.807) is 19.5 Å². The van der Waals surface area contributed by atoms with Gasteiger partial charge in [0, 0.05) is 6.54 Å². The Hall–Kier alpha value is -2.14. The maximum absolute atomic E-state index is 5.78. The molecule has 1 aromatic heterocycles. The van der Waals surface area contributed by atoms with E-state index in [0.29, 0.717) is 18.2 Å². The molecule has 1 heterocycles. The Labute approximate surface area is 106 Å². The van der Waals surface area contributed by atoms with E-state index in [9.17, 15) is 0 Å². The van der Waals surface area contributed by atoms with E-state index in [2.05, 4.69) is 15.3 Å². The molecule has 0 saturated heterocycles. The minimum absolute atomic E-state index is 0.00704. The fourth-order valence-electron chi connectivity index (χ4n) is 1.66. The number of nitrogens with zero attached hydrogens (tertiary/aromatic N) is 2. The van der Waals surface area contributed by atoms with Crippen molar-refractivity contribution < 1.29 is 4.74 Å². The molecule has 2 aromatic rings. The van der Waals surface area contributed by atoms with E-state index in [1.807, 2.05) is 30.3 Å². The van der Waals surface area contributed by atoms with Crippen molar-refractivity contribution in [2.75, 3.05) is 19.0 Å². The van der Waals surface area contributed by atoms with Crippen LogP contribution < -0.4 is 15.8 Å². The molecular formula is C13H16N4O. The summed E-state index contributed by atoms with van der Waals surface area (Å²) < 4.78 is 5.03. The topological polar surface area (TPSA) is 73.1 Å². The molecule has 5 heteroatoms. The number of hydrogen-bond donors (Lipinski definition) is 2. The van der Waals surface area contributed by atoms with Gasteiger partial charge in [-0.15, -0.1) is 0 Å². The summed E-state index contributed by atoms with van der Waals surface area (Å²) >= 11 is 0. The highest BCUT2D eigenvalue weighted by Gasteiger charge is 2.10. The first-order valence-electron chi connectivity index (χ1n) is 5.71. The molecule has 1 unspecified atom stereocenters. The third kappa shape index (κ3) is 2.95. The molecule has 0 aliphatic heterocycles. The fraction of sp³-hybridized carbons (Fsp3) is 0.231. The van der Waals surface area contributed by atoms with Crippen molar-refractivity contribution in [1.82, 2.24) is 9.97 Å². The van der Waals surface area contributed by atoms with Gasteiger partial charge in [-0.25, -0.2) is 0 Å². The van der Waals surface area contributed by atoms with Gasteiger partial charge in [-0.1, -0.05) is 30.3 Å². The van der Waals surface area contributed by atoms with Crippen LogP contribution in [0.1, 0.15) is 11.6 Å². The van der Waals surface area contributed by atoms with E-state index in [0.717, 1.165) is 5.56 Å². The molecule has 1 atom stereocenters. The first-order chi connectivity index (χ1) is 8.83. The molecule has 18 heavy (non-hydrogen) atoms. The highest BCUT2D eigenvalue weighted by molar-refractivity contribution is 5.38. The van der Waals surface area contributed by atoms with E-state index < -0.39 is 0 Å². The molecule has 0 bridgehead atoms. The first-order valence-corrected chi connectivity index (χ1v) is 5.71. The van der Waals surface area contributed by atoms with Gasteiger partial charge >= 0.3 is 0 Å². The summed E-state index contributed by atoms with van der Waals surface area (Å²) in [5, 5.41) is 3.24. The maximum atomic E-state index is 5.78. The Morgan fingerprint density at radius 2 is 2.06 bits per heavy atom. The van der Waals surface area contributed by atoms with E-state index in [-0.39, 0.29) is 6.04 Å². The highest BCUT2D eigenvalue weighted by atomic mass is 16.5. The second-order valence-corrected chi connectivity index (χ2v) is 3.79. The average molecular weight is 244 g/mol. The van der Waals surface area contributed by atoms with Gasteiger partial charge in [-0.05, 0) is 5.56 Å². The molecular weight excluding hydrogens is 228 g/mol. The summed E-state index contributed by atoms with van der Waals surface area (Å²) in [5.41, 5.74) is 6.90. The summed E-state index contributed by atoms with van der Waals surface area (Å²) in [4.78, 5) is 8.30. The molecule has 1 aromatic carbocycles. The lowest BCUT2D eigenvalue weighted by atomic mass is 10.1. The zero-order valence-corrected chi connectivity index (χ0v) is 10.2. The number of anilines is 1. The van der Waals surface area contributed by atoms with Gasteiger partial charge in [0.05, 0.1) is 25.5 Å². The quantitative estimate of drug-likeness (QED) is 0.835. The van der Waals surface area contributed by atoms with Crippen LogP contribution in [0.15, 0.2) is 42.7 Å². The van der Waals surface area contributed by atoms with Gasteiger partial charge in [0.2, 0.25) is 5.88 Å². The Morgan fingerprint density at radius 3 is 2.72 bits per heavy atom. The van der Waals surface area contributed by atoms with E-state index >= 15 is 0 Å². The van der Waals surface area contributed by atoms with Crippen molar-refractivity contribution in [3.63, 3.8) is 0 Å². The number of aromatic nitrogens is 2. The van der Waals surface area contributed by atoms with Crippen molar-refractivity contribution in [2.24, 2.45) is 5.73 Å². The number of nitrogens with one attached hydrogen (secondary N) is 1. The average Bonchev–Trinajstić information content (AvgIpc) is 2.46. The lowest BCUT2D eigenvalue weighted by molar-refractivity contribution is 0.396. The Balaban J connectivity index is 2.15. The molecule has 2 rings (SSSR count). The van der Waals surface area contributed by atoms with Crippen molar-refractivity contribution >= 4 is 5.82 Å². The van der Waals surface area contributed by atoms with Crippen LogP contribution in [0.25, 0.3) is 0 Å². The van der Waals surface area contributed by atoms with Crippen molar-refractivity contribution in [3.8, 4) is 5.88 Å². The fourth-order valence-corrected chi connectivity index (χ4v) is 1.66. The van der Waals surface area contributed by atoms with Gasteiger partial charge in [0.15, 0.2) is 0 Å². The molecule has 0 amide bonds. The molecule has 0 aliphatic rings. The lowest BCUT2D eigenvalue weighted by Gasteiger charge is -2.17. The SMILES string of the molecule is COc1cncc(NC(CN)c2ccccc2)n1. The van der Waals surface area contributed by atoms with Gasteiger partial charge in [-0.2, -0.15) is 4.98 Å². The summed E-state index contributed by atoms with van der Waals surface area (Å²) in [6.07, 6.45) is 3.21. The number of rotatable bonds is 5. The molecule has 0 fully saturated rings. The summed E-state index contributed by atoms with van der Waals surface area (Å²) in [6, 6.07) is 10.00. The van der Waals surface area contributed by atoms with Crippen LogP contribution in [0.5, 0.6) is 5.88 Å². The third-order valence-electron chi connectivity index (χ3n) is 2.58. The van der Waals surface area contributed by atoms with Gasteiger partial charge in [0.25, 0.3) is 0 Å². The van der Waals surface area contributed by atoms with Crippen LogP contribution in [-0.4, -0.2) is 23.6 Å². The number of hydrogen-bond acceptors (Lipinski definition) is 5. The highest BCUT2D eigenvalue weighted by Crippen LogP contribution is 2.17. The largest absolute Gasteiger partial charge is 0.480 e. The summed E-state index contributed by atoms with van der Waals surface area (Å²) in [6.45, 7) is 0.475. The van der Waals surface area contributed by atoms with Crippen molar-refractivity contribution in [1.29, 1.82) is 0 Å². The zero-order valence-electron chi connectivity index (χ0n) is 10.2. The van der Waals surface area contributed by atoms with Crippen LogP contribution in [0, 0.1) is 0 Å². The minimum atomic E-state index is 0.00704. The third-order valence-corrected chi connectivity index (χ3v) is 2.58. The number of nitrogens with two attached hydrogens (primary N) is 1. The minimum Gasteiger partial charge on any atom is -0.480 e. The van der Waals surface area contributed by atoms with E-state index in [1.165, 1.54) is 0 Å². The molecule has 5 nitrogen and oxygen atoms in total. The number of ether oxygens (including phenoxy) is 1. The second-order valence-electron chi connectivity index (χ2n) is 3.79. The Bertz CT molecular complexity index is 489. The van der Waals surface area contributed by atoms with Crippen LogP contribution in [0.4, 0.5) is 5.82 Å². The summed E-state index contributed by atoms with van der Waals surface area (Å²) in [7, 11) is 1.56. The monoisotopic (exact) mass is 244 g/mol. The molecule has 94 valence electrons. The van der Waals surface area contributed by atoms with Crippen molar-refractivity contribution in [3.05, 3.63) is 48.3 Å². The predicted octanol–water partition coefficient (Wildman–Crippen LogP) is 1.60. The molecule has 0 aliphatic carbocycles. The summed E-state index contributed by atoms with van der Waals surface area (Å²) in [5.74, 6) is 1.12. The van der Waals surface area contributed by atoms with E-state index in [4.69, 9.17) is 10.5 Å². The number of methoxy groups -OCH3 is 1. The lowest BCUT2D eigenvalue weighted by Crippen LogP contribution is -2.21. The van der Waals surface area contributed by atoms with Crippen LogP contribution >= 0.6 is 0 Å². The first kappa shape index (κ1) is 12.3.